The number of ether oxygens (including phenoxy) is 2. The first-order chi connectivity index (χ1) is 12.6. The number of aromatic carboxylic acids is 1. The summed E-state index contributed by atoms with van der Waals surface area (Å²) in [5.41, 5.74) is 2.18. The lowest BCUT2D eigenvalue weighted by atomic mass is 10.0. The highest BCUT2D eigenvalue weighted by atomic mass is 16.5. The van der Waals surface area contributed by atoms with Gasteiger partial charge in [-0.05, 0) is 47.0 Å². The Labute approximate surface area is 153 Å². The summed E-state index contributed by atoms with van der Waals surface area (Å²) in [5, 5.41) is 11.4. The highest BCUT2D eigenvalue weighted by molar-refractivity contribution is 5.88. The molecule has 3 aromatic carbocycles. The average Bonchev–Trinajstić information content (AvgIpc) is 2.66. The Balaban J connectivity index is 1.89. The van der Waals surface area contributed by atoms with E-state index in [9.17, 15) is 4.79 Å². The van der Waals surface area contributed by atoms with Gasteiger partial charge in [-0.2, -0.15) is 0 Å². The molecule has 0 aromatic heterocycles. The van der Waals surface area contributed by atoms with Crippen molar-refractivity contribution in [2.75, 3.05) is 7.11 Å². The van der Waals surface area contributed by atoms with E-state index in [2.05, 4.69) is 31.2 Å². The van der Waals surface area contributed by atoms with E-state index in [0.717, 1.165) is 29.5 Å². The van der Waals surface area contributed by atoms with Crippen LogP contribution < -0.4 is 9.47 Å². The number of benzene rings is 3. The summed E-state index contributed by atoms with van der Waals surface area (Å²) in [6.45, 7) is 2.46. The topological polar surface area (TPSA) is 55.8 Å². The zero-order valence-corrected chi connectivity index (χ0v) is 15.0. The Bertz CT molecular complexity index is 931. The van der Waals surface area contributed by atoms with Crippen LogP contribution in [0.4, 0.5) is 0 Å². The van der Waals surface area contributed by atoms with Crippen molar-refractivity contribution < 1.29 is 19.4 Å². The van der Waals surface area contributed by atoms with Crippen LogP contribution in [0.25, 0.3) is 10.8 Å². The molecule has 0 fully saturated rings. The first-order valence-electron chi connectivity index (χ1n) is 8.67. The quantitative estimate of drug-likeness (QED) is 0.646. The lowest BCUT2D eigenvalue weighted by molar-refractivity contribution is 0.0696. The first kappa shape index (κ1) is 17.8. The number of methoxy groups -OCH3 is 1. The number of hydrogen-bond donors (Lipinski definition) is 1. The van der Waals surface area contributed by atoms with Gasteiger partial charge in [-0.1, -0.05) is 43.7 Å². The van der Waals surface area contributed by atoms with Crippen molar-refractivity contribution in [3.05, 3.63) is 71.3 Å². The van der Waals surface area contributed by atoms with Crippen molar-refractivity contribution in [3.63, 3.8) is 0 Å². The fourth-order valence-corrected chi connectivity index (χ4v) is 3.02. The first-order valence-corrected chi connectivity index (χ1v) is 8.67. The second-order valence-electron chi connectivity index (χ2n) is 6.18. The predicted molar refractivity (Wildman–Crippen MR) is 102 cm³/mol. The Morgan fingerprint density at radius 1 is 0.962 bits per heavy atom. The summed E-state index contributed by atoms with van der Waals surface area (Å²) in [6, 6.07) is 17.3. The third-order valence-corrected chi connectivity index (χ3v) is 4.37. The lowest BCUT2D eigenvalue weighted by Gasteiger charge is -2.15. The molecular weight excluding hydrogens is 328 g/mol. The van der Waals surface area contributed by atoms with Crippen LogP contribution in [0.5, 0.6) is 11.5 Å². The molecule has 1 N–H and O–H groups in total. The van der Waals surface area contributed by atoms with Gasteiger partial charge in [0.25, 0.3) is 0 Å². The Kier molecular flexibility index (Phi) is 5.42. The van der Waals surface area contributed by atoms with Gasteiger partial charge >= 0.3 is 5.97 Å². The Morgan fingerprint density at radius 2 is 1.69 bits per heavy atom. The van der Waals surface area contributed by atoms with Gasteiger partial charge in [-0.15, -0.1) is 0 Å². The van der Waals surface area contributed by atoms with Gasteiger partial charge in [0.15, 0.2) is 0 Å². The molecule has 0 atom stereocenters. The molecule has 0 saturated heterocycles. The van der Waals surface area contributed by atoms with Crippen LogP contribution >= 0.6 is 0 Å². The van der Waals surface area contributed by atoms with E-state index in [1.165, 1.54) is 24.1 Å². The van der Waals surface area contributed by atoms with Gasteiger partial charge in [0, 0.05) is 5.56 Å². The molecule has 0 bridgehead atoms. The van der Waals surface area contributed by atoms with Crippen molar-refractivity contribution in [2.24, 2.45) is 0 Å². The molecule has 0 aliphatic carbocycles. The minimum atomic E-state index is -0.976. The van der Waals surface area contributed by atoms with Crippen LogP contribution in [-0.4, -0.2) is 18.2 Å². The number of aryl methyl sites for hydroxylation is 1. The summed E-state index contributed by atoms with van der Waals surface area (Å²) in [4.78, 5) is 11.1. The van der Waals surface area contributed by atoms with Gasteiger partial charge < -0.3 is 14.6 Å². The van der Waals surface area contributed by atoms with Gasteiger partial charge in [0.05, 0.1) is 12.7 Å². The largest absolute Gasteiger partial charge is 0.496 e. The highest BCUT2D eigenvalue weighted by Crippen LogP contribution is 2.29. The predicted octanol–water partition coefficient (Wildman–Crippen LogP) is 5.08. The van der Waals surface area contributed by atoms with Gasteiger partial charge in [-0.3, -0.25) is 0 Å². The van der Waals surface area contributed by atoms with E-state index in [0.29, 0.717) is 12.4 Å². The van der Waals surface area contributed by atoms with Crippen molar-refractivity contribution in [3.8, 4) is 11.5 Å². The van der Waals surface area contributed by atoms with Crippen molar-refractivity contribution in [1.82, 2.24) is 0 Å². The van der Waals surface area contributed by atoms with Crippen LogP contribution in [0.2, 0.25) is 0 Å². The summed E-state index contributed by atoms with van der Waals surface area (Å²) in [7, 11) is 1.53. The molecule has 0 aliphatic rings. The zero-order chi connectivity index (χ0) is 18.5. The molecular formula is C22H22O4. The maximum Gasteiger partial charge on any atom is 0.335 e. The van der Waals surface area contributed by atoms with E-state index in [4.69, 9.17) is 14.6 Å². The second-order valence-corrected chi connectivity index (χ2v) is 6.18. The number of rotatable bonds is 7. The highest BCUT2D eigenvalue weighted by Gasteiger charge is 2.11. The molecule has 0 saturated carbocycles. The second kappa shape index (κ2) is 7.91. The Hall–Kier alpha value is -3.01. The molecule has 0 heterocycles. The van der Waals surface area contributed by atoms with Crippen molar-refractivity contribution in [2.45, 2.75) is 26.4 Å². The maximum atomic E-state index is 11.1. The smallest absolute Gasteiger partial charge is 0.335 e. The molecule has 0 amide bonds. The molecule has 3 aromatic rings. The molecule has 0 spiro atoms. The summed E-state index contributed by atoms with van der Waals surface area (Å²) in [6.07, 6.45) is 1.97. The normalized spacial score (nSPS) is 10.7. The van der Waals surface area contributed by atoms with Gasteiger partial charge in [-0.25, -0.2) is 4.79 Å². The number of carbonyl (C=O) groups is 1. The summed E-state index contributed by atoms with van der Waals surface area (Å²) < 4.78 is 11.4. The molecule has 0 unspecified atom stereocenters. The molecule has 4 heteroatoms. The third kappa shape index (κ3) is 3.80. The third-order valence-electron chi connectivity index (χ3n) is 4.37. The summed E-state index contributed by atoms with van der Waals surface area (Å²) >= 11 is 0. The van der Waals surface area contributed by atoms with Crippen molar-refractivity contribution >= 4 is 16.7 Å². The van der Waals surface area contributed by atoms with Crippen LogP contribution in [-0.2, 0) is 13.0 Å². The molecule has 26 heavy (non-hydrogen) atoms. The summed E-state index contributed by atoms with van der Waals surface area (Å²) in [5.74, 6) is 0.396. The number of hydrogen-bond acceptors (Lipinski definition) is 3. The number of carboxylic acids is 1. The van der Waals surface area contributed by atoms with E-state index in [-0.39, 0.29) is 5.56 Å². The fraction of sp³-hybridized carbons (Fsp3) is 0.227. The van der Waals surface area contributed by atoms with Crippen LogP contribution in [0, 0.1) is 0 Å². The van der Waals surface area contributed by atoms with Crippen LogP contribution in [0.3, 0.4) is 0 Å². The van der Waals surface area contributed by atoms with E-state index in [1.54, 1.807) is 12.1 Å². The molecule has 3 rings (SSSR count). The fourth-order valence-electron chi connectivity index (χ4n) is 3.02. The zero-order valence-electron chi connectivity index (χ0n) is 15.0. The average molecular weight is 350 g/mol. The monoisotopic (exact) mass is 350 g/mol. The SMILES string of the molecule is CCCc1cc2ccccc2cc1OCc1ccc(C(=O)O)cc1OC. The van der Waals surface area contributed by atoms with Crippen LogP contribution in [0.1, 0.15) is 34.8 Å². The number of fused-ring (bicyclic) bond motifs is 1. The standard InChI is InChI=1S/C22H22O4/c1-3-6-17-11-15-7-4-5-8-16(15)12-21(17)26-14-19-10-9-18(22(23)24)13-20(19)25-2/h4-5,7-13H,3,6,14H2,1-2H3,(H,23,24). The minimum Gasteiger partial charge on any atom is -0.496 e. The van der Waals surface area contributed by atoms with Crippen LogP contribution in [0.15, 0.2) is 54.6 Å². The molecule has 4 nitrogen and oxygen atoms in total. The van der Waals surface area contributed by atoms with Gasteiger partial charge in [0.1, 0.15) is 18.1 Å². The van der Waals surface area contributed by atoms with E-state index >= 15 is 0 Å². The van der Waals surface area contributed by atoms with Crippen molar-refractivity contribution in [1.29, 1.82) is 0 Å². The number of carboxylic acid groups (broad SMARTS) is 1. The van der Waals surface area contributed by atoms with E-state index in [1.807, 2.05) is 12.1 Å². The minimum absolute atomic E-state index is 0.197. The molecule has 0 aliphatic heterocycles. The Morgan fingerprint density at radius 3 is 2.35 bits per heavy atom. The molecule has 0 radical (unpaired) electrons. The van der Waals surface area contributed by atoms with Gasteiger partial charge in [0.2, 0.25) is 0 Å². The maximum absolute atomic E-state index is 11.1. The molecule has 134 valence electrons. The van der Waals surface area contributed by atoms with E-state index < -0.39 is 5.97 Å². The lowest BCUT2D eigenvalue weighted by Crippen LogP contribution is -2.03.